The van der Waals surface area contributed by atoms with Crippen molar-refractivity contribution in [1.29, 1.82) is 0 Å². The number of aromatic nitrogens is 1. The van der Waals surface area contributed by atoms with E-state index in [-0.39, 0.29) is 30.8 Å². The SMILES string of the molecule is COc1cc2c(Oc3ccc(NC(=O)c4ccccc4)cc3F)ccnc2cc1OCCC(N)C(=O)OC1CCCC1. The molecule has 9 nitrogen and oxygen atoms in total. The lowest BCUT2D eigenvalue weighted by molar-refractivity contribution is -0.150. The van der Waals surface area contributed by atoms with E-state index in [1.807, 2.05) is 6.07 Å². The first kappa shape index (κ1) is 28.8. The second-order valence-electron chi connectivity index (χ2n) is 9.98. The molecule has 1 aromatic heterocycles. The number of benzene rings is 3. The van der Waals surface area contributed by atoms with Crippen LogP contribution >= 0.6 is 0 Å². The molecule has 1 aliphatic carbocycles. The molecule has 218 valence electrons. The highest BCUT2D eigenvalue weighted by atomic mass is 19.1. The Morgan fingerprint density at radius 3 is 2.52 bits per heavy atom. The summed E-state index contributed by atoms with van der Waals surface area (Å²) in [4.78, 5) is 29.1. The molecule has 5 rings (SSSR count). The molecular formula is C32H32FN3O6. The summed E-state index contributed by atoms with van der Waals surface area (Å²) in [7, 11) is 1.50. The molecule has 1 unspecified atom stereocenters. The Labute approximate surface area is 242 Å². The third-order valence-electron chi connectivity index (χ3n) is 7.01. The minimum Gasteiger partial charge on any atom is -0.493 e. The minimum atomic E-state index is -0.789. The summed E-state index contributed by atoms with van der Waals surface area (Å²) in [6.45, 7) is 0.164. The van der Waals surface area contributed by atoms with E-state index in [0.717, 1.165) is 25.7 Å². The summed E-state index contributed by atoms with van der Waals surface area (Å²) in [5, 5.41) is 3.25. The number of methoxy groups -OCH3 is 1. The number of rotatable bonds is 11. The lowest BCUT2D eigenvalue weighted by Gasteiger charge is -2.17. The zero-order chi connectivity index (χ0) is 29.5. The van der Waals surface area contributed by atoms with Crippen molar-refractivity contribution >= 4 is 28.5 Å². The van der Waals surface area contributed by atoms with Crippen LogP contribution in [0.5, 0.6) is 23.0 Å². The van der Waals surface area contributed by atoms with Crippen LogP contribution in [-0.2, 0) is 9.53 Å². The molecule has 0 saturated heterocycles. The van der Waals surface area contributed by atoms with Crippen molar-refractivity contribution in [2.75, 3.05) is 19.0 Å². The predicted octanol–water partition coefficient (Wildman–Crippen LogP) is 6.01. The first-order valence-corrected chi connectivity index (χ1v) is 13.8. The zero-order valence-electron chi connectivity index (χ0n) is 23.2. The summed E-state index contributed by atoms with van der Waals surface area (Å²) < 4.78 is 37.8. The van der Waals surface area contributed by atoms with Gasteiger partial charge in [-0.25, -0.2) is 4.39 Å². The molecule has 1 fully saturated rings. The van der Waals surface area contributed by atoms with Gasteiger partial charge in [-0.05, 0) is 62.1 Å². The lowest BCUT2D eigenvalue weighted by atomic mass is 10.1. The number of hydrogen-bond donors (Lipinski definition) is 2. The average molecular weight is 574 g/mol. The number of hydrogen-bond acceptors (Lipinski definition) is 8. The maximum Gasteiger partial charge on any atom is 0.323 e. The van der Waals surface area contributed by atoms with Gasteiger partial charge in [-0.15, -0.1) is 0 Å². The second kappa shape index (κ2) is 13.3. The molecule has 1 amide bonds. The molecule has 1 saturated carbocycles. The number of fused-ring (bicyclic) bond motifs is 1. The Balaban J connectivity index is 1.25. The number of nitrogens with two attached hydrogens (primary N) is 1. The summed E-state index contributed by atoms with van der Waals surface area (Å²) >= 11 is 0. The van der Waals surface area contributed by atoms with Gasteiger partial charge in [-0.1, -0.05) is 18.2 Å². The number of ether oxygens (including phenoxy) is 4. The van der Waals surface area contributed by atoms with Crippen LogP contribution in [0.1, 0.15) is 42.5 Å². The summed E-state index contributed by atoms with van der Waals surface area (Å²) in [6, 6.07) is 17.0. The number of nitrogens with zero attached hydrogens (tertiary/aromatic N) is 1. The number of nitrogens with one attached hydrogen (secondary N) is 1. The maximum atomic E-state index is 15.0. The van der Waals surface area contributed by atoms with Gasteiger partial charge in [0.2, 0.25) is 0 Å². The van der Waals surface area contributed by atoms with E-state index in [9.17, 15) is 14.0 Å². The number of carbonyl (C=O) groups is 2. The Bertz CT molecular complexity index is 1560. The molecule has 3 aromatic carbocycles. The van der Waals surface area contributed by atoms with E-state index in [0.29, 0.717) is 39.4 Å². The van der Waals surface area contributed by atoms with Crippen molar-refractivity contribution in [2.45, 2.75) is 44.2 Å². The Morgan fingerprint density at radius 2 is 1.79 bits per heavy atom. The fourth-order valence-electron chi connectivity index (χ4n) is 4.73. The Morgan fingerprint density at radius 1 is 1.00 bits per heavy atom. The zero-order valence-corrected chi connectivity index (χ0v) is 23.2. The lowest BCUT2D eigenvalue weighted by Crippen LogP contribution is -2.35. The van der Waals surface area contributed by atoms with Gasteiger partial charge in [0.1, 0.15) is 17.9 Å². The summed E-state index contributed by atoms with van der Waals surface area (Å²) in [5.74, 6) is -0.282. The average Bonchev–Trinajstić information content (AvgIpc) is 3.51. The van der Waals surface area contributed by atoms with Gasteiger partial charge in [0.25, 0.3) is 5.91 Å². The number of esters is 1. The smallest absolute Gasteiger partial charge is 0.323 e. The van der Waals surface area contributed by atoms with Crippen LogP contribution in [0.15, 0.2) is 72.9 Å². The molecule has 0 aliphatic heterocycles. The summed E-state index contributed by atoms with van der Waals surface area (Å²) in [6.07, 6.45) is 5.66. The topological polar surface area (TPSA) is 122 Å². The molecule has 0 radical (unpaired) electrons. The first-order valence-electron chi connectivity index (χ1n) is 13.8. The van der Waals surface area contributed by atoms with Crippen LogP contribution in [-0.4, -0.2) is 42.7 Å². The van der Waals surface area contributed by atoms with Crippen LogP contribution < -0.4 is 25.3 Å². The minimum absolute atomic E-state index is 0.0296. The predicted molar refractivity (Wildman–Crippen MR) is 156 cm³/mol. The molecular weight excluding hydrogens is 541 g/mol. The number of pyridine rings is 1. The van der Waals surface area contributed by atoms with Gasteiger partial charge in [0.05, 0.1) is 19.2 Å². The van der Waals surface area contributed by atoms with Crippen molar-refractivity contribution in [2.24, 2.45) is 5.73 Å². The van der Waals surface area contributed by atoms with Crippen LogP contribution in [0.25, 0.3) is 10.9 Å². The maximum absolute atomic E-state index is 15.0. The van der Waals surface area contributed by atoms with E-state index in [4.69, 9.17) is 24.7 Å². The van der Waals surface area contributed by atoms with Crippen LogP contribution in [0.4, 0.5) is 10.1 Å². The molecule has 10 heteroatoms. The van der Waals surface area contributed by atoms with E-state index in [2.05, 4.69) is 10.3 Å². The third kappa shape index (κ3) is 6.95. The number of halogens is 1. The van der Waals surface area contributed by atoms with E-state index >= 15 is 0 Å². The highest BCUT2D eigenvalue weighted by Crippen LogP contribution is 2.38. The van der Waals surface area contributed by atoms with Crippen LogP contribution in [0.2, 0.25) is 0 Å². The van der Waals surface area contributed by atoms with Crippen molar-refractivity contribution in [3.63, 3.8) is 0 Å². The number of amides is 1. The molecule has 0 spiro atoms. The molecule has 0 bridgehead atoms. The van der Waals surface area contributed by atoms with Gasteiger partial charge in [0.15, 0.2) is 23.1 Å². The molecule has 1 heterocycles. The van der Waals surface area contributed by atoms with E-state index in [1.165, 1.54) is 25.4 Å². The molecule has 1 aliphatic rings. The van der Waals surface area contributed by atoms with Gasteiger partial charge in [-0.2, -0.15) is 0 Å². The van der Waals surface area contributed by atoms with Gasteiger partial charge in [0, 0.05) is 41.4 Å². The number of carbonyl (C=O) groups excluding carboxylic acids is 2. The van der Waals surface area contributed by atoms with Crippen molar-refractivity contribution in [1.82, 2.24) is 4.98 Å². The van der Waals surface area contributed by atoms with Crippen LogP contribution in [0.3, 0.4) is 0 Å². The normalized spacial score (nSPS) is 13.9. The van der Waals surface area contributed by atoms with Gasteiger partial charge < -0.3 is 30.0 Å². The van der Waals surface area contributed by atoms with Crippen molar-refractivity contribution < 1.29 is 32.9 Å². The molecule has 42 heavy (non-hydrogen) atoms. The molecule has 3 N–H and O–H groups in total. The highest BCUT2D eigenvalue weighted by Gasteiger charge is 2.23. The Kier molecular flexibility index (Phi) is 9.13. The van der Waals surface area contributed by atoms with E-state index < -0.39 is 17.8 Å². The van der Waals surface area contributed by atoms with Crippen LogP contribution in [0, 0.1) is 5.82 Å². The van der Waals surface area contributed by atoms with Gasteiger partial charge in [-0.3, -0.25) is 14.6 Å². The molecule has 1 atom stereocenters. The highest BCUT2D eigenvalue weighted by molar-refractivity contribution is 6.04. The molecule has 4 aromatic rings. The largest absolute Gasteiger partial charge is 0.493 e. The fraction of sp³-hybridized carbons (Fsp3) is 0.281. The van der Waals surface area contributed by atoms with Crippen molar-refractivity contribution in [3.8, 4) is 23.0 Å². The standard InChI is InChI=1S/C32H32FN3O6/c1-39-29-18-23-26(19-30(29)40-16-14-25(34)32(38)41-22-9-5-6-10-22)35-15-13-27(23)42-28-12-11-21(17-24(28)33)36-31(37)20-7-3-2-4-8-20/h2-4,7-8,11-13,15,17-19,22,25H,5-6,9-10,14,16,34H2,1H3,(H,36,37). The monoisotopic (exact) mass is 573 g/mol. The third-order valence-corrected chi connectivity index (χ3v) is 7.01. The van der Waals surface area contributed by atoms with Gasteiger partial charge >= 0.3 is 5.97 Å². The first-order chi connectivity index (χ1) is 20.4. The Hall–Kier alpha value is -4.70. The fourth-order valence-corrected chi connectivity index (χ4v) is 4.73. The van der Waals surface area contributed by atoms with E-state index in [1.54, 1.807) is 48.5 Å². The summed E-state index contributed by atoms with van der Waals surface area (Å²) in [5.41, 5.74) is 7.30. The quantitative estimate of drug-likeness (QED) is 0.209. The van der Waals surface area contributed by atoms with Crippen molar-refractivity contribution in [3.05, 3.63) is 84.3 Å². The number of anilines is 1. The second-order valence-corrected chi connectivity index (χ2v) is 9.98.